The summed E-state index contributed by atoms with van der Waals surface area (Å²) in [6, 6.07) is 9.74. The van der Waals surface area contributed by atoms with Gasteiger partial charge in [-0.1, -0.05) is 18.2 Å². The van der Waals surface area contributed by atoms with Crippen LogP contribution in [-0.2, 0) is 12.8 Å². The van der Waals surface area contributed by atoms with Crippen molar-refractivity contribution in [3.05, 3.63) is 46.9 Å². The highest BCUT2D eigenvalue weighted by Crippen LogP contribution is 2.27. The third-order valence-corrected chi connectivity index (χ3v) is 4.50. The van der Waals surface area contributed by atoms with Gasteiger partial charge in [0.1, 0.15) is 11.6 Å². The van der Waals surface area contributed by atoms with E-state index in [1.54, 1.807) is 11.3 Å². The van der Waals surface area contributed by atoms with Gasteiger partial charge in [-0.05, 0) is 25.6 Å². The van der Waals surface area contributed by atoms with Crippen molar-refractivity contribution in [2.75, 3.05) is 13.2 Å². The van der Waals surface area contributed by atoms with E-state index in [2.05, 4.69) is 20.2 Å². The van der Waals surface area contributed by atoms with Crippen molar-refractivity contribution < 1.29 is 4.74 Å². The summed E-state index contributed by atoms with van der Waals surface area (Å²) in [6.07, 6.45) is 1.46. The van der Waals surface area contributed by atoms with E-state index in [-0.39, 0.29) is 0 Å². The van der Waals surface area contributed by atoms with Gasteiger partial charge in [0, 0.05) is 12.8 Å². The molecule has 0 aliphatic heterocycles. The summed E-state index contributed by atoms with van der Waals surface area (Å²) in [6.45, 7) is 3.13. The minimum atomic E-state index is 0.554. The summed E-state index contributed by atoms with van der Waals surface area (Å²) in [4.78, 5) is 10.0. The minimum absolute atomic E-state index is 0.554. The van der Waals surface area contributed by atoms with E-state index in [0.717, 1.165) is 33.6 Å². The number of ether oxygens (including phenoxy) is 1. The maximum absolute atomic E-state index is 5.67. The Labute approximate surface area is 138 Å². The second kappa shape index (κ2) is 7.34. The van der Waals surface area contributed by atoms with Gasteiger partial charge >= 0.3 is 0 Å². The minimum Gasteiger partial charge on any atom is -0.493 e. The monoisotopic (exact) mass is 329 g/mol. The van der Waals surface area contributed by atoms with Crippen LogP contribution in [0.3, 0.4) is 0 Å². The molecule has 0 saturated heterocycles. The molecule has 3 N–H and O–H groups in total. The van der Waals surface area contributed by atoms with Crippen LogP contribution in [0.4, 0.5) is 0 Å². The molecule has 6 nitrogen and oxygen atoms in total. The molecule has 3 aromatic rings. The highest BCUT2D eigenvalue weighted by atomic mass is 32.1. The van der Waals surface area contributed by atoms with Crippen molar-refractivity contribution in [1.82, 2.24) is 20.2 Å². The highest BCUT2D eigenvalue weighted by Gasteiger charge is 2.14. The van der Waals surface area contributed by atoms with Gasteiger partial charge in [-0.2, -0.15) is 5.10 Å². The van der Waals surface area contributed by atoms with Gasteiger partial charge in [0.05, 0.1) is 22.2 Å². The number of aryl methyl sites for hydroxylation is 1. The van der Waals surface area contributed by atoms with Gasteiger partial charge in [-0.3, -0.25) is 5.10 Å². The van der Waals surface area contributed by atoms with Gasteiger partial charge in [-0.15, -0.1) is 11.3 Å². The van der Waals surface area contributed by atoms with Crippen molar-refractivity contribution in [2.24, 2.45) is 5.73 Å². The molecule has 0 bridgehead atoms. The van der Waals surface area contributed by atoms with Crippen molar-refractivity contribution >= 4 is 11.3 Å². The zero-order valence-corrected chi connectivity index (χ0v) is 13.8. The number of H-pyrrole nitrogens is 1. The molecule has 0 aliphatic carbocycles. The number of aromatic amines is 1. The Morgan fingerprint density at radius 1 is 1.17 bits per heavy atom. The lowest BCUT2D eigenvalue weighted by atomic mass is 10.3. The van der Waals surface area contributed by atoms with E-state index in [4.69, 9.17) is 10.5 Å². The lowest BCUT2D eigenvalue weighted by molar-refractivity contribution is 0.319. The maximum atomic E-state index is 5.67. The molecule has 2 heterocycles. The lowest BCUT2D eigenvalue weighted by Gasteiger charge is -2.03. The molecule has 0 aliphatic rings. The Morgan fingerprint density at radius 2 is 2.00 bits per heavy atom. The predicted molar refractivity (Wildman–Crippen MR) is 90.6 cm³/mol. The number of benzene rings is 1. The Morgan fingerprint density at radius 3 is 2.78 bits per heavy atom. The number of aromatic nitrogens is 4. The second-order valence-corrected chi connectivity index (χ2v) is 6.16. The number of rotatable bonds is 7. The summed E-state index contributed by atoms with van der Waals surface area (Å²) >= 11 is 1.60. The smallest absolute Gasteiger partial charge is 0.193 e. The zero-order chi connectivity index (χ0) is 16.1. The fourth-order valence-electron chi connectivity index (χ4n) is 2.18. The van der Waals surface area contributed by atoms with Gasteiger partial charge in [-0.25, -0.2) is 9.97 Å². The molecule has 1 aromatic carbocycles. The average Bonchev–Trinajstić information content (AvgIpc) is 3.15. The number of nitrogens with zero attached hydrogens (tertiary/aromatic N) is 3. The van der Waals surface area contributed by atoms with Crippen LogP contribution in [-0.4, -0.2) is 33.3 Å². The molecular weight excluding hydrogens is 310 g/mol. The third-order valence-electron chi connectivity index (χ3n) is 3.28. The Kier molecular flexibility index (Phi) is 4.99. The summed E-state index contributed by atoms with van der Waals surface area (Å²) in [5.74, 6) is 2.36. The number of hydrogen-bond donors (Lipinski definition) is 2. The highest BCUT2D eigenvalue weighted by molar-refractivity contribution is 7.15. The Bertz CT molecular complexity index is 753. The molecular formula is C16H19N5OS. The van der Waals surface area contributed by atoms with Crippen molar-refractivity contribution in [3.63, 3.8) is 0 Å². The summed E-state index contributed by atoms with van der Waals surface area (Å²) in [5, 5.41) is 8.29. The SMILES string of the molecule is Cc1nc(CCN)sc1-c1n[nH]c(CCOc2ccccc2)n1. The van der Waals surface area contributed by atoms with E-state index < -0.39 is 0 Å². The Hall–Kier alpha value is -2.25. The van der Waals surface area contributed by atoms with Gasteiger partial charge < -0.3 is 10.5 Å². The van der Waals surface area contributed by atoms with Gasteiger partial charge in [0.25, 0.3) is 0 Å². The van der Waals surface area contributed by atoms with E-state index in [1.165, 1.54) is 0 Å². The normalized spacial score (nSPS) is 10.9. The van der Waals surface area contributed by atoms with Crippen LogP contribution in [0.5, 0.6) is 5.75 Å². The predicted octanol–water partition coefficient (Wildman–Crippen LogP) is 2.36. The number of thiazole rings is 1. The topological polar surface area (TPSA) is 89.7 Å². The fourth-order valence-corrected chi connectivity index (χ4v) is 3.20. The molecule has 3 rings (SSSR count). The standard InChI is InChI=1S/C16H19N5OS/c1-11-15(23-14(18-11)7-9-17)16-19-13(20-21-16)8-10-22-12-5-3-2-4-6-12/h2-6H,7-10,17H2,1H3,(H,19,20,21). The molecule has 23 heavy (non-hydrogen) atoms. The molecule has 120 valence electrons. The van der Waals surface area contributed by atoms with E-state index >= 15 is 0 Å². The van der Waals surface area contributed by atoms with Crippen LogP contribution < -0.4 is 10.5 Å². The Balaban J connectivity index is 1.61. The first-order valence-electron chi connectivity index (χ1n) is 7.52. The van der Waals surface area contributed by atoms with E-state index in [1.807, 2.05) is 37.3 Å². The van der Waals surface area contributed by atoms with Gasteiger partial charge in [0.2, 0.25) is 0 Å². The van der Waals surface area contributed by atoms with Crippen LogP contribution in [0.25, 0.3) is 10.7 Å². The molecule has 0 atom stereocenters. The third kappa shape index (κ3) is 3.94. The summed E-state index contributed by atoms with van der Waals surface area (Å²) < 4.78 is 5.67. The second-order valence-electron chi connectivity index (χ2n) is 5.08. The zero-order valence-electron chi connectivity index (χ0n) is 13.0. The van der Waals surface area contributed by atoms with Crippen LogP contribution in [0.15, 0.2) is 30.3 Å². The van der Waals surface area contributed by atoms with Crippen LogP contribution in [0.2, 0.25) is 0 Å². The molecule has 0 unspecified atom stereocenters. The lowest BCUT2D eigenvalue weighted by Crippen LogP contribution is -2.02. The fraction of sp³-hybridized carbons (Fsp3) is 0.312. The largest absolute Gasteiger partial charge is 0.493 e. The van der Waals surface area contributed by atoms with Crippen LogP contribution >= 0.6 is 11.3 Å². The molecule has 0 fully saturated rings. The first-order valence-corrected chi connectivity index (χ1v) is 8.34. The molecule has 0 spiro atoms. The molecule has 0 radical (unpaired) electrons. The molecule has 2 aromatic heterocycles. The molecule has 0 amide bonds. The summed E-state index contributed by atoms with van der Waals surface area (Å²) in [7, 11) is 0. The molecule has 0 saturated carbocycles. The van der Waals surface area contributed by atoms with Crippen molar-refractivity contribution in [3.8, 4) is 16.5 Å². The van der Waals surface area contributed by atoms with E-state index in [9.17, 15) is 0 Å². The van der Waals surface area contributed by atoms with E-state index in [0.29, 0.717) is 25.4 Å². The van der Waals surface area contributed by atoms with Crippen LogP contribution in [0, 0.1) is 6.92 Å². The summed E-state index contributed by atoms with van der Waals surface area (Å²) in [5.41, 5.74) is 6.53. The maximum Gasteiger partial charge on any atom is 0.193 e. The number of nitrogens with two attached hydrogens (primary N) is 1. The number of para-hydroxylation sites is 1. The number of hydrogen-bond acceptors (Lipinski definition) is 6. The van der Waals surface area contributed by atoms with Crippen molar-refractivity contribution in [2.45, 2.75) is 19.8 Å². The van der Waals surface area contributed by atoms with Gasteiger partial charge in [0.15, 0.2) is 5.82 Å². The molecule has 7 heteroatoms. The first kappa shape index (κ1) is 15.6. The quantitative estimate of drug-likeness (QED) is 0.694. The first-order chi connectivity index (χ1) is 11.3. The van der Waals surface area contributed by atoms with Crippen molar-refractivity contribution in [1.29, 1.82) is 0 Å². The number of nitrogens with one attached hydrogen (secondary N) is 1. The van der Waals surface area contributed by atoms with Crippen LogP contribution in [0.1, 0.15) is 16.5 Å². The average molecular weight is 329 g/mol.